The van der Waals surface area contributed by atoms with Crippen LogP contribution in [-0.2, 0) is 16.1 Å². The van der Waals surface area contributed by atoms with E-state index in [9.17, 15) is 9.59 Å². The van der Waals surface area contributed by atoms with Gasteiger partial charge in [-0.3, -0.25) is 14.6 Å². The molecular weight excluding hydrogens is 360 g/mol. The van der Waals surface area contributed by atoms with Crippen LogP contribution in [-0.4, -0.2) is 36.2 Å². The van der Waals surface area contributed by atoms with Gasteiger partial charge in [-0.15, -0.1) is 0 Å². The van der Waals surface area contributed by atoms with Crippen LogP contribution in [0.1, 0.15) is 31.4 Å². The highest BCUT2D eigenvalue weighted by atomic mass is 16.5. The lowest BCUT2D eigenvalue weighted by atomic mass is 10.2. The molecule has 1 aromatic heterocycles. The van der Waals surface area contributed by atoms with Crippen molar-refractivity contribution in [2.24, 2.45) is 5.10 Å². The van der Waals surface area contributed by atoms with Crippen LogP contribution in [0.5, 0.6) is 11.5 Å². The Labute approximate surface area is 164 Å². The summed E-state index contributed by atoms with van der Waals surface area (Å²) in [5.41, 5.74) is 3.69. The second-order valence-electron chi connectivity index (χ2n) is 5.73. The molecule has 0 radical (unpaired) electrons. The predicted molar refractivity (Wildman–Crippen MR) is 105 cm³/mol. The summed E-state index contributed by atoms with van der Waals surface area (Å²) in [6.45, 7) is 5.21. The average Bonchev–Trinajstić information content (AvgIpc) is 2.72. The number of hydrogen-bond acceptors (Lipinski definition) is 6. The van der Waals surface area contributed by atoms with E-state index >= 15 is 0 Å². The first-order valence-corrected chi connectivity index (χ1v) is 9.03. The highest BCUT2D eigenvalue weighted by Crippen LogP contribution is 2.28. The summed E-state index contributed by atoms with van der Waals surface area (Å²) in [6, 6.07) is 8.87. The van der Waals surface area contributed by atoms with Crippen molar-refractivity contribution >= 4 is 18.0 Å². The van der Waals surface area contributed by atoms with Crippen LogP contribution < -0.4 is 20.2 Å². The van der Waals surface area contributed by atoms with Crippen molar-refractivity contribution in [3.8, 4) is 11.5 Å². The summed E-state index contributed by atoms with van der Waals surface area (Å²) < 4.78 is 11.2. The molecule has 0 aliphatic heterocycles. The van der Waals surface area contributed by atoms with Crippen molar-refractivity contribution in [2.45, 2.75) is 26.8 Å². The first kappa shape index (κ1) is 20.9. The first-order valence-electron chi connectivity index (χ1n) is 9.03. The lowest BCUT2D eigenvalue weighted by Crippen LogP contribution is -2.37. The highest BCUT2D eigenvalue weighted by Gasteiger charge is 2.12. The van der Waals surface area contributed by atoms with Crippen LogP contribution in [0.2, 0.25) is 0 Å². The van der Waals surface area contributed by atoms with Gasteiger partial charge in [0.1, 0.15) is 0 Å². The molecule has 0 aliphatic carbocycles. The van der Waals surface area contributed by atoms with Crippen molar-refractivity contribution in [3.05, 3.63) is 53.9 Å². The molecule has 1 aromatic carbocycles. The maximum atomic E-state index is 11.8. The molecule has 2 rings (SSSR count). The maximum absolute atomic E-state index is 11.8. The molecule has 0 bridgehead atoms. The fourth-order valence-electron chi connectivity index (χ4n) is 2.19. The van der Waals surface area contributed by atoms with E-state index < -0.39 is 11.8 Å². The van der Waals surface area contributed by atoms with Gasteiger partial charge in [-0.2, -0.15) is 5.10 Å². The molecular formula is C20H24N4O4. The SMILES string of the molecule is CCCOc1ccc(/C=N/NC(=O)C(=O)NCc2cccnc2)cc1OCC. The molecule has 2 N–H and O–H groups in total. The number of rotatable bonds is 9. The second kappa shape index (κ2) is 11.3. The van der Waals surface area contributed by atoms with Crippen LogP contribution in [0, 0.1) is 0 Å². The van der Waals surface area contributed by atoms with Crippen LogP contribution >= 0.6 is 0 Å². The van der Waals surface area contributed by atoms with Gasteiger partial charge in [-0.05, 0) is 48.7 Å². The van der Waals surface area contributed by atoms with Gasteiger partial charge < -0.3 is 14.8 Å². The summed E-state index contributed by atoms with van der Waals surface area (Å²) in [4.78, 5) is 27.5. The summed E-state index contributed by atoms with van der Waals surface area (Å²) in [5, 5.41) is 6.32. The molecule has 148 valence electrons. The minimum absolute atomic E-state index is 0.209. The molecule has 1 heterocycles. The summed E-state index contributed by atoms with van der Waals surface area (Å²) in [6.07, 6.45) is 5.56. The van der Waals surface area contributed by atoms with Crippen LogP contribution in [0.25, 0.3) is 0 Å². The molecule has 0 atom stereocenters. The lowest BCUT2D eigenvalue weighted by Gasteiger charge is -2.11. The molecule has 8 heteroatoms. The molecule has 2 amide bonds. The molecule has 0 spiro atoms. The fraction of sp³-hybridized carbons (Fsp3) is 0.300. The van der Waals surface area contributed by atoms with Crippen LogP contribution in [0.3, 0.4) is 0 Å². The number of nitrogens with zero attached hydrogens (tertiary/aromatic N) is 2. The number of hydrogen-bond donors (Lipinski definition) is 2. The number of amides is 2. The number of carbonyl (C=O) groups is 2. The average molecular weight is 384 g/mol. The number of ether oxygens (including phenoxy) is 2. The Morgan fingerprint density at radius 2 is 2.00 bits per heavy atom. The van der Waals surface area contributed by atoms with Gasteiger partial charge in [0, 0.05) is 18.9 Å². The van der Waals surface area contributed by atoms with Gasteiger partial charge in [0.05, 0.1) is 19.4 Å². The molecule has 8 nitrogen and oxygen atoms in total. The first-order chi connectivity index (χ1) is 13.6. The van der Waals surface area contributed by atoms with Gasteiger partial charge in [0.2, 0.25) is 0 Å². The minimum Gasteiger partial charge on any atom is -0.490 e. The quantitative estimate of drug-likeness (QED) is 0.391. The molecule has 0 saturated carbocycles. The normalized spacial score (nSPS) is 10.5. The van der Waals surface area contributed by atoms with Crippen molar-refractivity contribution in [3.63, 3.8) is 0 Å². The molecule has 0 aliphatic rings. The number of benzene rings is 1. The third-order valence-corrected chi connectivity index (χ3v) is 3.49. The minimum atomic E-state index is -0.854. The summed E-state index contributed by atoms with van der Waals surface area (Å²) >= 11 is 0. The number of nitrogens with one attached hydrogen (secondary N) is 2. The van der Waals surface area contributed by atoms with Crippen LogP contribution in [0.15, 0.2) is 47.8 Å². The zero-order valence-electron chi connectivity index (χ0n) is 16.0. The monoisotopic (exact) mass is 384 g/mol. The molecule has 0 unspecified atom stereocenters. The van der Waals surface area contributed by atoms with Gasteiger partial charge in [-0.1, -0.05) is 13.0 Å². The van der Waals surface area contributed by atoms with E-state index in [1.165, 1.54) is 6.21 Å². The van der Waals surface area contributed by atoms with Gasteiger partial charge in [-0.25, -0.2) is 5.43 Å². The fourth-order valence-corrected chi connectivity index (χ4v) is 2.19. The summed E-state index contributed by atoms with van der Waals surface area (Å²) in [5.74, 6) is -0.382. The zero-order chi connectivity index (χ0) is 20.2. The third-order valence-electron chi connectivity index (χ3n) is 3.49. The molecule has 28 heavy (non-hydrogen) atoms. The summed E-state index contributed by atoms with van der Waals surface area (Å²) in [7, 11) is 0. The van der Waals surface area contributed by atoms with Gasteiger partial charge in [0.15, 0.2) is 11.5 Å². The number of carbonyl (C=O) groups excluding carboxylic acids is 2. The standard InChI is InChI=1S/C20H24N4O4/c1-3-10-28-17-8-7-15(11-18(17)27-4-2)14-23-24-20(26)19(25)22-13-16-6-5-9-21-12-16/h5-9,11-12,14H,3-4,10,13H2,1-2H3,(H,22,25)(H,24,26)/b23-14+. The Morgan fingerprint density at radius 3 is 2.71 bits per heavy atom. The Morgan fingerprint density at radius 1 is 1.14 bits per heavy atom. The van der Waals surface area contributed by atoms with E-state index in [2.05, 4.69) is 20.8 Å². The second-order valence-corrected chi connectivity index (χ2v) is 5.73. The molecule has 0 saturated heterocycles. The van der Waals surface area contributed by atoms with E-state index in [1.807, 2.05) is 13.8 Å². The third kappa shape index (κ3) is 6.71. The maximum Gasteiger partial charge on any atom is 0.329 e. The van der Waals surface area contributed by atoms with Gasteiger partial charge >= 0.3 is 11.8 Å². The zero-order valence-corrected chi connectivity index (χ0v) is 16.0. The van der Waals surface area contributed by atoms with E-state index in [1.54, 1.807) is 42.7 Å². The van der Waals surface area contributed by atoms with Crippen molar-refractivity contribution in [1.82, 2.24) is 15.7 Å². The Balaban J connectivity index is 1.89. The topological polar surface area (TPSA) is 102 Å². The van der Waals surface area contributed by atoms with Gasteiger partial charge in [0.25, 0.3) is 0 Å². The van der Waals surface area contributed by atoms with Crippen molar-refractivity contribution in [2.75, 3.05) is 13.2 Å². The smallest absolute Gasteiger partial charge is 0.329 e. The van der Waals surface area contributed by atoms with E-state index in [-0.39, 0.29) is 6.54 Å². The largest absolute Gasteiger partial charge is 0.490 e. The Bertz CT molecular complexity index is 809. The van der Waals surface area contributed by atoms with Crippen molar-refractivity contribution < 1.29 is 19.1 Å². The number of hydrazone groups is 1. The van der Waals surface area contributed by atoms with Crippen molar-refractivity contribution in [1.29, 1.82) is 0 Å². The van der Waals surface area contributed by atoms with E-state index in [0.29, 0.717) is 30.3 Å². The lowest BCUT2D eigenvalue weighted by molar-refractivity contribution is -0.139. The number of aromatic nitrogens is 1. The highest BCUT2D eigenvalue weighted by molar-refractivity contribution is 6.35. The predicted octanol–water partition coefficient (Wildman–Crippen LogP) is 2.04. The molecule has 2 aromatic rings. The van der Waals surface area contributed by atoms with Crippen LogP contribution in [0.4, 0.5) is 0 Å². The number of pyridine rings is 1. The Hall–Kier alpha value is -3.42. The molecule has 0 fully saturated rings. The van der Waals surface area contributed by atoms with E-state index in [4.69, 9.17) is 9.47 Å². The Kier molecular flexibility index (Phi) is 8.45. The van der Waals surface area contributed by atoms with E-state index in [0.717, 1.165) is 12.0 Å².